The second-order valence-electron chi connectivity index (χ2n) is 5.54. The molecule has 0 saturated heterocycles. The molecule has 0 aliphatic heterocycles. The minimum absolute atomic E-state index is 0.0822. The molecule has 2 aromatic rings. The van der Waals surface area contributed by atoms with E-state index in [0.29, 0.717) is 5.56 Å². The molecule has 0 heterocycles. The molecule has 0 aliphatic rings. The highest BCUT2D eigenvalue weighted by Crippen LogP contribution is 2.29. The van der Waals surface area contributed by atoms with E-state index in [2.05, 4.69) is 0 Å². The van der Waals surface area contributed by atoms with Crippen LogP contribution < -0.4 is 0 Å². The van der Waals surface area contributed by atoms with E-state index in [9.17, 15) is 9.50 Å². The molecule has 0 amide bonds. The van der Waals surface area contributed by atoms with Gasteiger partial charge in [0.1, 0.15) is 5.82 Å². The molecule has 2 aromatic carbocycles. The number of hydrogen-bond donors (Lipinski definition) is 1. The summed E-state index contributed by atoms with van der Waals surface area (Å²) in [5.41, 5.74) is 2.22. The maximum absolute atomic E-state index is 14.0. The smallest absolute Gasteiger partial charge is 0.145 e. The van der Waals surface area contributed by atoms with Gasteiger partial charge in [-0.1, -0.05) is 53.1 Å². The monoisotopic (exact) mass is 292 g/mol. The summed E-state index contributed by atoms with van der Waals surface area (Å²) in [6, 6.07) is 10.7. The van der Waals surface area contributed by atoms with Gasteiger partial charge in [0.05, 0.1) is 10.6 Å². The number of hydrogen-bond acceptors (Lipinski definition) is 1. The number of benzene rings is 2. The van der Waals surface area contributed by atoms with Gasteiger partial charge in [-0.3, -0.25) is 0 Å². The lowest BCUT2D eigenvalue weighted by Gasteiger charge is -2.25. The summed E-state index contributed by atoms with van der Waals surface area (Å²) in [5, 5.41) is 10.8. The van der Waals surface area contributed by atoms with E-state index in [0.717, 1.165) is 16.7 Å². The molecule has 0 saturated carbocycles. The summed E-state index contributed by atoms with van der Waals surface area (Å²) in [5.74, 6) is -0.459. The molecule has 0 bridgehead atoms. The standard InChI is InChI=1S/C17H18ClFO/c1-11-7-12(2)9-14(8-11)17(3,20)10-13-5-4-6-15(18)16(13)19/h4-9,20H,10H2,1-3H3. The highest BCUT2D eigenvalue weighted by Gasteiger charge is 2.26. The van der Waals surface area contributed by atoms with E-state index in [1.165, 1.54) is 6.07 Å². The zero-order valence-corrected chi connectivity index (χ0v) is 12.6. The summed E-state index contributed by atoms with van der Waals surface area (Å²) in [6.45, 7) is 5.65. The largest absolute Gasteiger partial charge is 0.385 e. The lowest BCUT2D eigenvalue weighted by atomic mass is 9.87. The molecule has 0 radical (unpaired) electrons. The normalized spacial score (nSPS) is 14.1. The summed E-state index contributed by atoms with van der Waals surface area (Å²) < 4.78 is 14.0. The Morgan fingerprint density at radius 1 is 1.15 bits per heavy atom. The molecule has 0 spiro atoms. The molecular formula is C17H18ClFO. The number of aryl methyl sites for hydroxylation is 2. The molecule has 1 unspecified atom stereocenters. The van der Waals surface area contributed by atoms with Gasteiger partial charge in [-0.15, -0.1) is 0 Å². The van der Waals surface area contributed by atoms with Crippen LogP contribution in [-0.4, -0.2) is 5.11 Å². The van der Waals surface area contributed by atoms with Crippen LogP contribution in [-0.2, 0) is 12.0 Å². The molecule has 1 nitrogen and oxygen atoms in total. The van der Waals surface area contributed by atoms with E-state index in [1.807, 2.05) is 32.0 Å². The second-order valence-corrected chi connectivity index (χ2v) is 5.95. The van der Waals surface area contributed by atoms with Crippen molar-refractivity contribution < 1.29 is 9.50 Å². The lowest BCUT2D eigenvalue weighted by molar-refractivity contribution is 0.0566. The third-order valence-corrected chi connectivity index (χ3v) is 3.70. The first-order chi connectivity index (χ1) is 9.29. The van der Waals surface area contributed by atoms with Crippen LogP contribution >= 0.6 is 11.6 Å². The van der Waals surface area contributed by atoms with Crippen LogP contribution in [0.1, 0.15) is 29.2 Å². The van der Waals surface area contributed by atoms with Gasteiger partial charge in [-0.2, -0.15) is 0 Å². The predicted molar refractivity (Wildman–Crippen MR) is 80.6 cm³/mol. The van der Waals surface area contributed by atoms with Gasteiger partial charge in [0.2, 0.25) is 0 Å². The molecule has 2 rings (SSSR count). The van der Waals surface area contributed by atoms with Crippen LogP contribution in [0.4, 0.5) is 4.39 Å². The Morgan fingerprint density at radius 2 is 1.75 bits per heavy atom. The van der Waals surface area contributed by atoms with Crippen molar-refractivity contribution in [2.45, 2.75) is 32.8 Å². The maximum atomic E-state index is 14.0. The van der Waals surface area contributed by atoms with Gasteiger partial charge >= 0.3 is 0 Å². The van der Waals surface area contributed by atoms with Crippen molar-refractivity contribution in [2.75, 3.05) is 0 Å². The maximum Gasteiger partial charge on any atom is 0.145 e. The molecule has 1 atom stereocenters. The Labute approximate surface area is 124 Å². The minimum atomic E-state index is -1.14. The number of aliphatic hydroxyl groups is 1. The van der Waals surface area contributed by atoms with Crippen molar-refractivity contribution >= 4 is 11.6 Å². The van der Waals surface area contributed by atoms with Gasteiger partial charge in [0, 0.05) is 6.42 Å². The molecule has 0 aromatic heterocycles. The SMILES string of the molecule is Cc1cc(C)cc(C(C)(O)Cc2cccc(Cl)c2F)c1. The minimum Gasteiger partial charge on any atom is -0.385 e. The molecule has 0 aliphatic carbocycles. The van der Waals surface area contributed by atoms with Crippen molar-refractivity contribution in [1.82, 2.24) is 0 Å². The Bertz CT molecular complexity index is 615. The Kier molecular flexibility index (Phi) is 4.17. The van der Waals surface area contributed by atoms with Crippen molar-refractivity contribution in [3.05, 3.63) is 69.5 Å². The Hall–Kier alpha value is -1.38. The first kappa shape index (κ1) is 15.0. The topological polar surface area (TPSA) is 20.2 Å². The molecular weight excluding hydrogens is 275 g/mol. The van der Waals surface area contributed by atoms with Gasteiger partial charge < -0.3 is 5.11 Å². The first-order valence-corrected chi connectivity index (χ1v) is 6.91. The van der Waals surface area contributed by atoms with E-state index in [-0.39, 0.29) is 11.4 Å². The summed E-state index contributed by atoms with van der Waals surface area (Å²) in [6.07, 6.45) is 0.183. The van der Waals surface area contributed by atoms with Crippen LogP contribution in [0.5, 0.6) is 0 Å². The highest BCUT2D eigenvalue weighted by atomic mass is 35.5. The fraction of sp³-hybridized carbons (Fsp3) is 0.294. The van der Waals surface area contributed by atoms with Gasteiger partial charge in [-0.25, -0.2) is 4.39 Å². The summed E-state index contributed by atoms with van der Waals surface area (Å²) in [4.78, 5) is 0. The van der Waals surface area contributed by atoms with Crippen molar-refractivity contribution in [3.8, 4) is 0 Å². The predicted octanol–water partition coefficient (Wildman–Crippen LogP) is 4.55. The van der Waals surface area contributed by atoms with Crippen molar-refractivity contribution in [3.63, 3.8) is 0 Å². The second kappa shape index (κ2) is 5.55. The first-order valence-electron chi connectivity index (χ1n) is 6.53. The third-order valence-electron chi connectivity index (χ3n) is 3.41. The molecule has 106 valence electrons. The van der Waals surface area contributed by atoms with Gasteiger partial charge in [0.25, 0.3) is 0 Å². The molecule has 20 heavy (non-hydrogen) atoms. The van der Waals surface area contributed by atoms with E-state index >= 15 is 0 Å². The zero-order chi connectivity index (χ0) is 14.9. The van der Waals surface area contributed by atoms with Crippen LogP contribution in [0.15, 0.2) is 36.4 Å². The number of halogens is 2. The van der Waals surface area contributed by atoms with E-state index < -0.39 is 11.4 Å². The zero-order valence-electron chi connectivity index (χ0n) is 11.9. The van der Waals surface area contributed by atoms with Crippen molar-refractivity contribution in [1.29, 1.82) is 0 Å². The van der Waals surface area contributed by atoms with Crippen molar-refractivity contribution in [2.24, 2.45) is 0 Å². The average Bonchev–Trinajstić information content (AvgIpc) is 2.33. The van der Waals surface area contributed by atoms with Crippen LogP contribution in [0, 0.1) is 19.7 Å². The Balaban J connectivity index is 2.37. The molecule has 3 heteroatoms. The highest BCUT2D eigenvalue weighted by molar-refractivity contribution is 6.30. The fourth-order valence-corrected chi connectivity index (χ4v) is 2.64. The lowest BCUT2D eigenvalue weighted by Crippen LogP contribution is -2.25. The van der Waals surface area contributed by atoms with Gasteiger partial charge in [0.15, 0.2) is 0 Å². The fourth-order valence-electron chi connectivity index (χ4n) is 2.44. The van der Waals surface area contributed by atoms with E-state index in [1.54, 1.807) is 19.1 Å². The van der Waals surface area contributed by atoms with Crippen LogP contribution in [0.2, 0.25) is 5.02 Å². The third kappa shape index (κ3) is 3.20. The van der Waals surface area contributed by atoms with Crippen LogP contribution in [0.3, 0.4) is 0 Å². The van der Waals surface area contributed by atoms with Crippen LogP contribution in [0.25, 0.3) is 0 Å². The Morgan fingerprint density at radius 3 is 2.35 bits per heavy atom. The number of rotatable bonds is 3. The van der Waals surface area contributed by atoms with E-state index in [4.69, 9.17) is 11.6 Å². The quantitative estimate of drug-likeness (QED) is 0.880. The average molecular weight is 293 g/mol. The summed E-state index contributed by atoms with van der Waals surface area (Å²) in [7, 11) is 0. The molecule has 0 fully saturated rings. The summed E-state index contributed by atoms with van der Waals surface area (Å²) >= 11 is 5.78. The molecule has 1 N–H and O–H groups in total. The van der Waals surface area contributed by atoms with Gasteiger partial charge in [-0.05, 0) is 38.0 Å².